The van der Waals surface area contributed by atoms with E-state index >= 15 is 0 Å². The molecular formula is C10H7F3N2O2. The standard InChI is InChI=1S/C10H7F3N2O2/c1-17-7(16)2-5-4-15-9(10(12)13)8(11)6(5)3-14/h4,10H,2H2,1H3. The number of alkyl halides is 2. The number of ether oxygens (including phenoxy) is 1. The van der Waals surface area contributed by atoms with Gasteiger partial charge in [0.2, 0.25) is 0 Å². The van der Waals surface area contributed by atoms with Crippen molar-refractivity contribution in [1.82, 2.24) is 4.98 Å². The van der Waals surface area contributed by atoms with E-state index in [1.807, 2.05) is 0 Å². The van der Waals surface area contributed by atoms with Crippen LogP contribution in [0.15, 0.2) is 6.20 Å². The van der Waals surface area contributed by atoms with E-state index in [1.165, 1.54) is 6.07 Å². The summed E-state index contributed by atoms with van der Waals surface area (Å²) in [4.78, 5) is 14.1. The second-order valence-corrected chi connectivity index (χ2v) is 3.02. The molecule has 7 heteroatoms. The average molecular weight is 244 g/mol. The van der Waals surface area contributed by atoms with Gasteiger partial charge in [-0.2, -0.15) is 5.26 Å². The summed E-state index contributed by atoms with van der Waals surface area (Å²) in [5, 5.41) is 8.68. The first kappa shape index (κ1) is 13.0. The zero-order valence-electron chi connectivity index (χ0n) is 8.71. The van der Waals surface area contributed by atoms with E-state index in [4.69, 9.17) is 5.26 Å². The minimum absolute atomic E-state index is 0.0822. The lowest BCUT2D eigenvalue weighted by molar-refractivity contribution is -0.139. The molecule has 17 heavy (non-hydrogen) atoms. The Labute approximate surface area is 94.6 Å². The van der Waals surface area contributed by atoms with E-state index in [0.717, 1.165) is 13.3 Å². The summed E-state index contributed by atoms with van der Waals surface area (Å²) in [6, 6.07) is 1.43. The highest BCUT2D eigenvalue weighted by Gasteiger charge is 2.22. The fourth-order valence-corrected chi connectivity index (χ4v) is 1.17. The molecule has 0 atom stereocenters. The molecule has 0 unspecified atom stereocenters. The van der Waals surface area contributed by atoms with E-state index in [1.54, 1.807) is 0 Å². The van der Waals surface area contributed by atoms with Gasteiger partial charge in [-0.3, -0.25) is 9.78 Å². The van der Waals surface area contributed by atoms with E-state index in [-0.39, 0.29) is 5.56 Å². The van der Waals surface area contributed by atoms with Crippen molar-refractivity contribution in [2.45, 2.75) is 12.8 Å². The zero-order chi connectivity index (χ0) is 13.0. The summed E-state index contributed by atoms with van der Waals surface area (Å²) in [6.45, 7) is 0. The van der Waals surface area contributed by atoms with Gasteiger partial charge in [-0.1, -0.05) is 0 Å². The first-order valence-corrected chi connectivity index (χ1v) is 4.43. The number of hydrogen-bond donors (Lipinski definition) is 0. The Kier molecular flexibility index (Phi) is 4.04. The van der Waals surface area contributed by atoms with Gasteiger partial charge in [0.1, 0.15) is 11.8 Å². The molecule has 0 N–H and O–H groups in total. The molecule has 1 aromatic rings. The van der Waals surface area contributed by atoms with E-state index < -0.39 is 35.9 Å². The van der Waals surface area contributed by atoms with Crippen molar-refractivity contribution >= 4 is 5.97 Å². The maximum Gasteiger partial charge on any atom is 0.310 e. The van der Waals surface area contributed by atoms with Crippen LogP contribution >= 0.6 is 0 Å². The SMILES string of the molecule is COC(=O)Cc1cnc(C(F)F)c(F)c1C#N. The highest BCUT2D eigenvalue weighted by molar-refractivity contribution is 5.73. The molecule has 1 heterocycles. The van der Waals surface area contributed by atoms with Crippen LogP contribution < -0.4 is 0 Å². The van der Waals surface area contributed by atoms with Crippen molar-refractivity contribution in [2.24, 2.45) is 0 Å². The first-order chi connectivity index (χ1) is 8.01. The molecular weight excluding hydrogens is 237 g/mol. The lowest BCUT2D eigenvalue weighted by Crippen LogP contribution is -2.09. The molecule has 1 rings (SSSR count). The minimum atomic E-state index is -3.12. The van der Waals surface area contributed by atoms with Crippen molar-refractivity contribution in [3.63, 3.8) is 0 Å². The number of hydrogen-bond acceptors (Lipinski definition) is 4. The summed E-state index contributed by atoms with van der Waals surface area (Å²) in [6.07, 6.45) is -2.64. The van der Waals surface area contributed by atoms with Crippen molar-refractivity contribution in [3.05, 3.63) is 28.8 Å². The molecule has 0 aromatic carbocycles. The van der Waals surface area contributed by atoms with E-state index in [9.17, 15) is 18.0 Å². The van der Waals surface area contributed by atoms with Gasteiger partial charge in [-0.25, -0.2) is 13.2 Å². The number of nitriles is 1. The van der Waals surface area contributed by atoms with Crippen LogP contribution in [0.4, 0.5) is 13.2 Å². The highest BCUT2D eigenvalue weighted by Crippen LogP contribution is 2.23. The summed E-state index contributed by atoms with van der Waals surface area (Å²) in [7, 11) is 1.12. The quantitative estimate of drug-likeness (QED) is 0.760. The van der Waals surface area contributed by atoms with Crippen molar-refractivity contribution in [1.29, 1.82) is 5.26 Å². The van der Waals surface area contributed by atoms with Crippen LogP contribution in [0.5, 0.6) is 0 Å². The Morgan fingerprint density at radius 2 is 2.29 bits per heavy atom. The van der Waals surface area contributed by atoms with Gasteiger partial charge in [0.15, 0.2) is 5.82 Å². The van der Waals surface area contributed by atoms with E-state index in [0.29, 0.717) is 0 Å². The Morgan fingerprint density at radius 1 is 1.65 bits per heavy atom. The zero-order valence-corrected chi connectivity index (χ0v) is 8.71. The molecule has 0 spiro atoms. The second-order valence-electron chi connectivity index (χ2n) is 3.02. The predicted octanol–water partition coefficient (Wildman–Crippen LogP) is 1.75. The number of halogens is 3. The fourth-order valence-electron chi connectivity index (χ4n) is 1.17. The third-order valence-corrected chi connectivity index (χ3v) is 2.01. The topological polar surface area (TPSA) is 63.0 Å². The van der Waals surface area contributed by atoms with Gasteiger partial charge < -0.3 is 4.74 Å². The number of pyridine rings is 1. The molecule has 0 aliphatic heterocycles. The summed E-state index contributed by atoms with van der Waals surface area (Å²) in [5.41, 5.74) is -1.79. The van der Waals surface area contributed by atoms with Crippen LogP contribution in [-0.2, 0) is 16.0 Å². The third kappa shape index (κ3) is 2.72. The largest absolute Gasteiger partial charge is 0.469 e. The van der Waals surface area contributed by atoms with Crippen LogP contribution in [-0.4, -0.2) is 18.1 Å². The molecule has 0 saturated carbocycles. The summed E-state index contributed by atoms with van der Waals surface area (Å²) >= 11 is 0. The van der Waals surface area contributed by atoms with Crippen LogP contribution in [0.1, 0.15) is 23.2 Å². The van der Waals surface area contributed by atoms with Crippen LogP contribution in [0.25, 0.3) is 0 Å². The molecule has 0 aliphatic rings. The molecule has 0 amide bonds. The maximum atomic E-state index is 13.4. The van der Waals surface area contributed by atoms with Gasteiger partial charge in [0.05, 0.1) is 19.1 Å². The monoisotopic (exact) mass is 244 g/mol. The lowest BCUT2D eigenvalue weighted by Gasteiger charge is -2.06. The first-order valence-electron chi connectivity index (χ1n) is 4.43. The number of nitrogens with zero attached hydrogens (tertiary/aromatic N) is 2. The Hall–Kier alpha value is -2.10. The van der Waals surface area contributed by atoms with Crippen molar-refractivity contribution in [2.75, 3.05) is 7.11 Å². The van der Waals surface area contributed by atoms with Crippen LogP contribution in [0, 0.1) is 17.1 Å². The van der Waals surface area contributed by atoms with Crippen molar-refractivity contribution < 1.29 is 22.7 Å². The van der Waals surface area contributed by atoms with Crippen LogP contribution in [0.2, 0.25) is 0 Å². The number of rotatable bonds is 3. The van der Waals surface area contributed by atoms with Crippen LogP contribution in [0.3, 0.4) is 0 Å². The number of carbonyl (C=O) groups excluding carboxylic acids is 1. The third-order valence-electron chi connectivity index (χ3n) is 2.01. The van der Waals surface area contributed by atoms with Gasteiger partial charge in [0.25, 0.3) is 6.43 Å². The normalized spacial score (nSPS) is 10.1. The van der Waals surface area contributed by atoms with Gasteiger partial charge in [0, 0.05) is 11.8 Å². The van der Waals surface area contributed by atoms with Gasteiger partial charge >= 0.3 is 5.97 Å². The molecule has 4 nitrogen and oxygen atoms in total. The molecule has 90 valence electrons. The average Bonchev–Trinajstić information content (AvgIpc) is 2.28. The molecule has 1 aromatic heterocycles. The molecule has 0 aliphatic carbocycles. The number of carbonyl (C=O) groups is 1. The highest BCUT2D eigenvalue weighted by atomic mass is 19.3. The Morgan fingerprint density at radius 3 is 2.76 bits per heavy atom. The smallest absolute Gasteiger partial charge is 0.310 e. The van der Waals surface area contributed by atoms with Gasteiger partial charge in [-0.15, -0.1) is 0 Å². The second kappa shape index (κ2) is 5.30. The maximum absolute atomic E-state index is 13.4. The predicted molar refractivity (Wildman–Crippen MR) is 49.6 cm³/mol. The Balaban J connectivity index is 3.22. The lowest BCUT2D eigenvalue weighted by atomic mass is 10.1. The molecule has 0 fully saturated rings. The number of methoxy groups -OCH3 is 1. The van der Waals surface area contributed by atoms with Gasteiger partial charge in [-0.05, 0) is 0 Å². The number of aromatic nitrogens is 1. The summed E-state index contributed by atoms with van der Waals surface area (Å²) in [5.74, 6) is -2.11. The van der Waals surface area contributed by atoms with E-state index in [2.05, 4.69) is 9.72 Å². The molecule has 0 saturated heterocycles. The van der Waals surface area contributed by atoms with Crippen molar-refractivity contribution in [3.8, 4) is 6.07 Å². The summed E-state index contributed by atoms with van der Waals surface area (Å²) < 4.78 is 42.3. The minimum Gasteiger partial charge on any atom is -0.469 e. The molecule has 0 radical (unpaired) electrons. The number of esters is 1. The fraction of sp³-hybridized carbons (Fsp3) is 0.300. The molecule has 0 bridgehead atoms. The Bertz CT molecular complexity index is 483.